The fourth-order valence-corrected chi connectivity index (χ4v) is 2.09. The molecule has 0 fully saturated rings. The summed E-state index contributed by atoms with van der Waals surface area (Å²) >= 11 is 5.75. The van der Waals surface area contributed by atoms with Gasteiger partial charge in [-0.25, -0.2) is 13.8 Å². The fourth-order valence-electron chi connectivity index (χ4n) is 1.91. The third-order valence-electron chi connectivity index (χ3n) is 3.15. The van der Waals surface area contributed by atoms with Gasteiger partial charge in [0.15, 0.2) is 11.5 Å². The smallest absolute Gasteiger partial charge is 0.365 e. The number of halogens is 2. The molecule has 0 saturated carbocycles. The SMILES string of the molecule is Nc1nonc1/C(=N/OC(=O)c1ccccc1)Nc1ccc(F)c(Cl)c1. The lowest BCUT2D eigenvalue weighted by atomic mass is 10.2. The van der Waals surface area contributed by atoms with Crippen molar-refractivity contribution in [2.24, 2.45) is 5.16 Å². The molecule has 0 unspecified atom stereocenters. The number of amidine groups is 1. The number of carbonyl (C=O) groups is 1. The van der Waals surface area contributed by atoms with Gasteiger partial charge in [0.2, 0.25) is 5.84 Å². The van der Waals surface area contributed by atoms with Gasteiger partial charge in [0.05, 0.1) is 10.6 Å². The van der Waals surface area contributed by atoms with Crippen LogP contribution in [-0.2, 0) is 4.84 Å². The molecule has 1 heterocycles. The molecule has 0 aliphatic heterocycles. The highest BCUT2D eigenvalue weighted by Crippen LogP contribution is 2.20. The maximum Gasteiger partial charge on any atom is 0.365 e. The zero-order valence-electron chi connectivity index (χ0n) is 13.0. The van der Waals surface area contributed by atoms with Crippen LogP contribution < -0.4 is 11.1 Å². The van der Waals surface area contributed by atoms with Crippen molar-refractivity contribution >= 4 is 34.9 Å². The molecule has 0 saturated heterocycles. The second kappa shape index (κ2) is 7.62. The van der Waals surface area contributed by atoms with E-state index in [2.05, 4.69) is 25.4 Å². The Bertz CT molecular complexity index is 962. The fraction of sp³-hybridized carbons (Fsp3) is 0. The van der Waals surface area contributed by atoms with Gasteiger partial charge in [0, 0.05) is 5.69 Å². The van der Waals surface area contributed by atoms with Crippen molar-refractivity contribution < 1.29 is 18.7 Å². The van der Waals surface area contributed by atoms with Crippen LogP contribution in [0.1, 0.15) is 16.1 Å². The second-order valence-corrected chi connectivity index (χ2v) is 5.34. The number of nitrogens with zero attached hydrogens (tertiary/aromatic N) is 3. The summed E-state index contributed by atoms with van der Waals surface area (Å²) in [4.78, 5) is 16.9. The molecule has 0 amide bonds. The molecule has 1 aromatic heterocycles. The third-order valence-corrected chi connectivity index (χ3v) is 3.44. The Morgan fingerprint density at radius 1 is 1.23 bits per heavy atom. The van der Waals surface area contributed by atoms with E-state index in [9.17, 15) is 9.18 Å². The van der Waals surface area contributed by atoms with Crippen LogP contribution in [-0.4, -0.2) is 22.1 Å². The number of aromatic nitrogens is 2. The first-order valence-corrected chi connectivity index (χ1v) is 7.57. The third kappa shape index (κ3) is 3.95. The number of nitrogens with two attached hydrogens (primary N) is 1. The first-order chi connectivity index (χ1) is 12.5. The number of nitrogen functional groups attached to an aromatic ring is 1. The van der Waals surface area contributed by atoms with E-state index in [0.717, 1.165) is 6.07 Å². The Balaban J connectivity index is 1.87. The summed E-state index contributed by atoms with van der Waals surface area (Å²) in [5.41, 5.74) is 6.31. The zero-order chi connectivity index (χ0) is 18.5. The standard InChI is InChI=1S/C16H11ClFN5O3/c17-11-8-10(6-7-12(11)18)20-15(13-14(19)22-26-21-13)23-25-16(24)9-4-2-1-3-5-9/h1-8H,(H2,19,22)(H,20,23). The highest BCUT2D eigenvalue weighted by atomic mass is 35.5. The van der Waals surface area contributed by atoms with Crippen LogP contribution in [0.25, 0.3) is 0 Å². The van der Waals surface area contributed by atoms with Crippen molar-refractivity contribution in [2.75, 3.05) is 11.1 Å². The molecule has 3 aromatic rings. The first-order valence-electron chi connectivity index (χ1n) is 7.19. The van der Waals surface area contributed by atoms with Gasteiger partial charge in [-0.05, 0) is 40.6 Å². The van der Waals surface area contributed by atoms with Crippen LogP contribution in [0, 0.1) is 5.82 Å². The van der Waals surface area contributed by atoms with Gasteiger partial charge in [-0.1, -0.05) is 35.0 Å². The van der Waals surface area contributed by atoms with E-state index in [1.807, 2.05) is 0 Å². The molecule has 0 aliphatic rings. The van der Waals surface area contributed by atoms with Crippen molar-refractivity contribution in [1.82, 2.24) is 10.3 Å². The van der Waals surface area contributed by atoms with E-state index in [1.165, 1.54) is 12.1 Å². The molecule has 8 nitrogen and oxygen atoms in total. The Morgan fingerprint density at radius 2 is 2.00 bits per heavy atom. The topological polar surface area (TPSA) is 116 Å². The lowest BCUT2D eigenvalue weighted by Gasteiger charge is -2.08. The van der Waals surface area contributed by atoms with Crippen molar-refractivity contribution in [3.05, 3.63) is 70.6 Å². The average molecular weight is 376 g/mol. The molecule has 3 N–H and O–H groups in total. The number of anilines is 2. The van der Waals surface area contributed by atoms with Gasteiger partial charge in [0.25, 0.3) is 0 Å². The minimum absolute atomic E-state index is 0.00584. The van der Waals surface area contributed by atoms with Crippen molar-refractivity contribution in [2.45, 2.75) is 0 Å². The second-order valence-electron chi connectivity index (χ2n) is 4.94. The summed E-state index contributed by atoms with van der Waals surface area (Å²) in [6.45, 7) is 0. The number of nitrogens with one attached hydrogen (secondary N) is 1. The molecule has 0 radical (unpaired) electrons. The monoisotopic (exact) mass is 375 g/mol. The molecule has 0 aliphatic carbocycles. The van der Waals surface area contributed by atoms with Crippen molar-refractivity contribution in [3.63, 3.8) is 0 Å². The number of benzene rings is 2. The molecular formula is C16H11ClFN5O3. The quantitative estimate of drug-likeness (QED) is 0.311. The van der Waals surface area contributed by atoms with E-state index in [-0.39, 0.29) is 22.4 Å². The number of oxime groups is 1. The number of hydrogen-bond donors (Lipinski definition) is 2. The molecular weight excluding hydrogens is 365 g/mol. The van der Waals surface area contributed by atoms with Crippen LogP contribution in [0.3, 0.4) is 0 Å². The Hall–Kier alpha value is -3.46. The van der Waals surface area contributed by atoms with Gasteiger partial charge < -0.3 is 15.9 Å². The van der Waals surface area contributed by atoms with Crippen LogP contribution in [0.4, 0.5) is 15.9 Å². The highest BCUT2D eigenvalue weighted by Gasteiger charge is 2.17. The molecule has 2 aromatic carbocycles. The van der Waals surface area contributed by atoms with E-state index in [4.69, 9.17) is 22.2 Å². The summed E-state index contributed by atoms with van der Waals surface area (Å²) in [5, 5.41) is 13.4. The predicted octanol–water partition coefficient (Wildman–Crippen LogP) is 3.08. The predicted molar refractivity (Wildman–Crippen MR) is 92.1 cm³/mol. The van der Waals surface area contributed by atoms with Crippen LogP contribution in [0.2, 0.25) is 5.02 Å². The minimum atomic E-state index is -0.697. The Morgan fingerprint density at radius 3 is 2.65 bits per heavy atom. The van der Waals surface area contributed by atoms with E-state index >= 15 is 0 Å². The van der Waals surface area contributed by atoms with E-state index < -0.39 is 11.8 Å². The molecule has 0 atom stereocenters. The van der Waals surface area contributed by atoms with Crippen LogP contribution in [0.5, 0.6) is 0 Å². The van der Waals surface area contributed by atoms with Crippen molar-refractivity contribution in [3.8, 4) is 0 Å². The molecule has 26 heavy (non-hydrogen) atoms. The average Bonchev–Trinajstić information content (AvgIpc) is 3.08. The minimum Gasteiger partial charge on any atom is -0.379 e. The summed E-state index contributed by atoms with van der Waals surface area (Å²) in [5.74, 6) is -1.44. The van der Waals surface area contributed by atoms with E-state index in [1.54, 1.807) is 30.3 Å². The lowest BCUT2D eigenvalue weighted by Crippen LogP contribution is -2.17. The van der Waals surface area contributed by atoms with Crippen molar-refractivity contribution in [1.29, 1.82) is 0 Å². The molecule has 0 spiro atoms. The number of carbonyl (C=O) groups excluding carboxylic acids is 1. The lowest BCUT2D eigenvalue weighted by molar-refractivity contribution is 0.0516. The van der Waals surface area contributed by atoms with E-state index in [0.29, 0.717) is 11.3 Å². The van der Waals surface area contributed by atoms with Gasteiger partial charge in [0.1, 0.15) is 5.82 Å². The molecule has 10 heteroatoms. The van der Waals surface area contributed by atoms with Crippen LogP contribution >= 0.6 is 11.6 Å². The maximum atomic E-state index is 13.3. The Labute approximate surface area is 151 Å². The summed E-state index contributed by atoms with van der Waals surface area (Å²) in [6.07, 6.45) is 0. The molecule has 0 bridgehead atoms. The number of hydrogen-bond acceptors (Lipinski definition) is 7. The van der Waals surface area contributed by atoms with Crippen LogP contribution in [0.15, 0.2) is 58.3 Å². The largest absolute Gasteiger partial charge is 0.379 e. The summed E-state index contributed by atoms with van der Waals surface area (Å²) in [6, 6.07) is 12.1. The van der Waals surface area contributed by atoms with Gasteiger partial charge >= 0.3 is 5.97 Å². The molecule has 3 rings (SSSR count). The maximum absolute atomic E-state index is 13.3. The summed E-state index contributed by atoms with van der Waals surface area (Å²) in [7, 11) is 0. The highest BCUT2D eigenvalue weighted by molar-refractivity contribution is 6.31. The normalized spacial score (nSPS) is 11.2. The van der Waals surface area contributed by atoms with Gasteiger partial charge in [-0.2, -0.15) is 0 Å². The zero-order valence-corrected chi connectivity index (χ0v) is 13.8. The van der Waals surface area contributed by atoms with Gasteiger partial charge in [-0.3, -0.25) is 0 Å². The Kier molecular flexibility index (Phi) is 5.09. The molecule has 132 valence electrons. The van der Waals surface area contributed by atoms with Gasteiger partial charge in [-0.15, -0.1) is 0 Å². The summed E-state index contributed by atoms with van der Waals surface area (Å²) < 4.78 is 17.8. The number of rotatable bonds is 4. The first kappa shape index (κ1) is 17.4.